The molecular formula is C23H22ClN3O4. The van der Waals surface area contributed by atoms with Crippen molar-refractivity contribution >= 4 is 40.0 Å². The van der Waals surface area contributed by atoms with Crippen molar-refractivity contribution < 1.29 is 19.4 Å². The van der Waals surface area contributed by atoms with E-state index in [2.05, 4.69) is 10.2 Å². The van der Waals surface area contributed by atoms with Gasteiger partial charge in [-0.05, 0) is 48.7 Å². The SMILES string of the molecule is O=C(O)C1CCN(c2cc(NCc3ccc4c(c3)OCO4)c3cc(Cl)ccc3n2)CC1. The van der Waals surface area contributed by atoms with Crippen LogP contribution in [0.15, 0.2) is 42.5 Å². The van der Waals surface area contributed by atoms with Gasteiger partial charge in [0.1, 0.15) is 5.82 Å². The molecule has 0 radical (unpaired) electrons. The molecule has 160 valence electrons. The Kier molecular flexibility index (Phi) is 5.19. The van der Waals surface area contributed by atoms with Crippen LogP contribution in [0.1, 0.15) is 18.4 Å². The molecule has 1 aromatic heterocycles. The Bertz CT molecular complexity index is 1150. The summed E-state index contributed by atoms with van der Waals surface area (Å²) < 4.78 is 10.9. The van der Waals surface area contributed by atoms with Crippen molar-refractivity contribution in [2.75, 3.05) is 30.1 Å². The molecule has 2 N–H and O–H groups in total. The second-order valence-electron chi connectivity index (χ2n) is 7.83. The van der Waals surface area contributed by atoms with Crippen LogP contribution >= 0.6 is 11.6 Å². The van der Waals surface area contributed by atoms with E-state index in [1.165, 1.54) is 0 Å². The number of fused-ring (bicyclic) bond motifs is 2. The number of nitrogens with one attached hydrogen (secondary N) is 1. The number of piperidine rings is 1. The van der Waals surface area contributed by atoms with Crippen molar-refractivity contribution in [3.8, 4) is 11.5 Å². The van der Waals surface area contributed by atoms with Crippen LogP contribution in [-0.2, 0) is 11.3 Å². The molecule has 3 aromatic rings. The van der Waals surface area contributed by atoms with Gasteiger partial charge in [0.15, 0.2) is 11.5 Å². The predicted molar refractivity (Wildman–Crippen MR) is 119 cm³/mol. The first-order chi connectivity index (χ1) is 15.1. The first-order valence-corrected chi connectivity index (χ1v) is 10.6. The minimum Gasteiger partial charge on any atom is -0.481 e. The average Bonchev–Trinajstić information content (AvgIpc) is 3.25. The lowest BCUT2D eigenvalue weighted by Crippen LogP contribution is -2.36. The van der Waals surface area contributed by atoms with Crippen LogP contribution in [0.2, 0.25) is 5.02 Å². The number of pyridine rings is 1. The molecular weight excluding hydrogens is 418 g/mol. The standard InChI is InChI=1S/C23H22ClN3O4/c24-16-2-3-18-17(10-16)19(25-12-14-1-4-20-21(9-14)31-13-30-20)11-22(26-18)27-7-5-15(6-8-27)23(28)29/h1-4,9-11,15H,5-8,12-13H2,(H,25,26)(H,28,29). The summed E-state index contributed by atoms with van der Waals surface area (Å²) in [4.78, 5) is 18.2. The molecule has 0 saturated carbocycles. The molecule has 2 aromatic carbocycles. The molecule has 0 unspecified atom stereocenters. The highest BCUT2D eigenvalue weighted by molar-refractivity contribution is 6.31. The number of halogens is 1. The molecule has 0 spiro atoms. The molecule has 0 atom stereocenters. The summed E-state index contributed by atoms with van der Waals surface area (Å²) in [6, 6.07) is 13.6. The fraction of sp³-hybridized carbons (Fsp3) is 0.304. The van der Waals surface area contributed by atoms with E-state index in [0.29, 0.717) is 37.5 Å². The van der Waals surface area contributed by atoms with E-state index in [1.807, 2.05) is 42.5 Å². The zero-order valence-electron chi connectivity index (χ0n) is 16.8. The first-order valence-electron chi connectivity index (χ1n) is 10.3. The Morgan fingerprint density at radius 3 is 2.74 bits per heavy atom. The zero-order valence-corrected chi connectivity index (χ0v) is 17.6. The summed E-state index contributed by atoms with van der Waals surface area (Å²) in [6.45, 7) is 2.19. The number of anilines is 2. The smallest absolute Gasteiger partial charge is 0.306 e. The molecule has 2 aliphatic rings. The number of ether oxygens (including phenoxy) is 2. The van der Waals surface area contributed by atoms with Gasteiger partial charge in [-0.1, -0.05) is 17.7 Å². The normalized spacial score (nSPS) is 16.0. The van der Waals surface area contributed by atoms with Gasteiger partial charge in [0.2, 0.25) is 6.79 Å². The number of benzene rings is 2. The van der Waals surface area contributed by atoms with Crippen LogP contribution in [0.25, 0.3) is 10.9 Å². The largest absolute Gasteiger partial charge is 0.481 e. The van der Waals surface area contributed by atoms with Crippen LogP contribution in [0.5, 0.6) is 11.5 Å². The van der Waals surface area contributed by atoms with Gasteiger partial charge in [0.25, 0.3) is 0 Å². The van der Waals surface area contributed by atoms with Crippen LogP contribution in [-0.4, -0.2) is 35.9 Å². The molecule has 3 heterocycles. The van der Waals surface area contributed by atoms with Crippen molar-refractivity contribution in [3.63, 3.8) is 0 Å². The van der Waals surface area contributed by atoms with Crippen LogP contribution in [0.4, 0.5) is 11.5 Å². The number of nitrogens with zero attached hydrogens (tertiary/aromatic N) is 2. The molecule has 0 amide bonds. The summed E-state index contributed by atoms with van der Waals surface area (Å²) in [5.41, 5.74) is 2.84. The van der Waals surface area contributed by atoms with Gasteiger partial charge in [-0.25, -0.2) is 4.98 Å². The van der Waals surface area contributed by atoms with Gasteiger partial charge >= 0.3 is 5.97 Å². The molecule has 2 aliphatic heterocycles. The number of hydrogen-bond donors (Lipinski definition) is 2. The quantitative estimate of drug-likeness (QED) is 0.604. The third-order valence-corrected chi connectivity index (χ3v) is 6.08. The van der Waals surface area contributed by atoms with E-state index in [-0.39, 0.29) is 12.7 Å². The van der Waals surface area contributed by atoms with Gasteiger partial charge < -0.3 is 24.8 Å². The Morgan fingerprint density at radius 2 is 1.94 bits per heavy atom. The zero-order chi connectivity index (χ0) is 21.4. The van der Waals surface area contributed by atoms with Gasteiger partial charge in [-0.2, -0.15) is 0 Å². The Labute approximate surface area is 184 Å². The summed E-state index contributed by atoms with van der Waals surface area (Å²) in [7, 11) is 0. The minimum atomic E-state index is -0.716. The molecule has 1 fully saturated rings. The first kappa shape index (κ1) is 19.8. The number of rotatable bonds is 5. The molecule has 5 rings (SSSR count). The number of carboxylic acids is 1. The monoisotopic (exact) mass is 439 g/mol. The molecule has 8 heteroatoms. The Hall–Kier alpha value is -3.19. The summed E-state index contributed by atoms with van der Waals surface area (Å²) in [5, 5.41) is 14.4. The second-order valence-corrected chi connectivity index (χ2v) is 8.27. The van der Waals surface area contributed by atoms with Gasteiger partial charge in [-0.3, -0.25) is 4.79 Å². The van der Waals surface area contributed by atoms with E-state index in [1.54, 1.807) is 0 Å². The average molecular weight is 440 g/mol. The van der Waals surface area contributed by atoms with E-state index >= 15 is 0 Å². The minimum absolute atomic E-state index is 0.252. The molecule has 1 saturated heterocycles. The number of carboxylic acid groups (broad SMARTS) is 1. The highest BCUT2D eigenvalue weighted by Gasteiger charge is 2.25. The molecule has 0 bridgehead atoms. The maximum atomic E-state index is 11.3. The van der Waals surface area contributed by atoms with Crippen molar-refractivity contribution in [2.24, 2.45) is 5.92 Å². The number of carbonyl (C=O) groups is 1. The summed E-state index contributed by atoms with van der Waals surface area (Å²) >= 11 is 6.25. The fourth-order valence-corrected chi connectivity index (χ4v) is 4.27. The van der Waals surface area contributed by atoms with E-state index in [9.17, 15) is 9.90 Å². The van der Waals surface area contributed by atoms with Crippen LogP contribution < -0.4 is 19.7 Å². The van der Waals surface area contributed by atoms with E-state index in [4.69, 9.17) is 26.1 Å². The highest BCUT2D eigenvalue weighted by Crippen LogP contribution is 2.34. The third-order valence-electron chi connectivity index (χ3n) is 5.85. The number of aromatic nitrogens is 1. The lowest BCUT2D eigenvalue weighted by atomic mass is 9.97. The summed E-state index contributed by atoms with van der Waals surface area (Å²) in [5.74, 6) is 1.36. The van der Waals surface area contributed by atoms with Gasteiger partial charge in [0, 0.05) is 41.8 Å². The topological polar surface area (TPSA) is 83.9 Å². The third kappa shape index (κ3) is 4.05. The van der Waals surface area contributed by atoms with Gasteiger partial charge in [-0.15, -0.1) is 0 Å². The van der Waals surface area contributed by atoms with Crippen LogP contribution in [0.3, 0.4) is 0 Å². The molecule has 0 aliphatic carbocycles. The van der Waals surface area contributed by atoms with Crippen molar-refractivity contribution in [1.29, 1.82) is 0 Å². The lowest BCUT2D eigenvalue weighted by molar-refractivity contribution is -0.142. The molecule has 31 heavy (non-hydrogen) atoms. The van der Waals surface area contributed by atoms with Crippen molar-refractivity contribution in [1.82, 2.24) is 4.98 Å². The van der Waals surface area contributed by atoms with Crippen molar-refractivity contribution in [3.05, 3.63) is 53.1 Å². The lowest BCUT2D eigenvalue weighted by Gasteiger charge is -2.31. The Morgan fingerprint density at radius 1 is 1.13 bits per heavy atom. The van der Waals surface area contributed by atoms with E-state index < -0.39 is 5.97 Å². The number of hydrogen-bond acceptors (Lipinski definition) is 6. The second kappa shape index (κ2) is 8.15. The molecule has 7 nitrogen and oxygen atoms in total. The summed E-state index contributed by atoms with van der Waals surface area (Å²) in [6.07, 6.45) is 1.24. The van der Waals surface area contributed by atoms with Crippen molar-refractivity contribution in [2.45, 2.75) is 19.4 Å². The highest BCUT2D eigenvalue weighted by atomic mass is 35.5. The van der Waals surface area contributed by atoms with Crippen LogP contribution in [0, 0.1) is 5.92 Å². The maximum absolute atomic E-state index is 11.3. The maximum Gasteiger partial charge on any atom is 0.306 e. The predicted octanol–water partition coefficient (Wildman–Crippen LogP) is 4.53. The van der Waals surface area contributed by atoms with Gasteiger partial charge in [0.05, 0.1) is 11.4 Å². The fourth-order valence-electron chi connectivity index (χ4n) is 4.10. The van der Waals surface area contributed by atoms with E-state index in [0.717, 1.165) is 39.5 Å². The number of aliphatic carboxylic acids is 1. The Balaban J connectivity index is 1.42.